The van der Waals surface area contributed by atoms with E-state index in [1.807, 2.05) is 5.48 Å². The van der Waals surface area contributed by atoms with E-state index in [1.54, 1.807) is 45.0 Å². The first-order valence-electron chi connectivity index (χ1n) is 4.66. The number of benzene rings is 1. The third-order valence-corrected chi connectivity index (χ3v) is 1.81. The molecule has 0 saturated carbocycles. The van der Waals surface area contributed by atoms with Crippen LogP contribution in [0.25, 0.3) is 0 Å². The van der Waals surface area contributed by atoms with Crippen molar-refractivity contribution in [2.75, 3.05) is 5.48 Å². The molecule has 4 nitrogen and oxygen atoms in total. The number of anilines is 1. The molecule has 0 atom stereocenters. The SMILES string of the molecule is CC(C)(C)C(=O)Oc1ccc(NO)cc1. The molecule has 0 saturated heterocycles. The van der Waals surface area contributed by atoms with Crippen LogP contribution in [0, 0.1) is 5.41 Å². The second-order valence-electron chi connectivity index (χ2n) is 4.28. The minimum Gasteiger partial charge on any atom is -0.426 e. The number of hydrogen-bond donors (Lipinski definition) is 2. The highest BCUT2D eigenvalue weighted by molar-refractivity contribution is 5.77. The number of nitrogens with one attached hydrogen (secondary N) is 1. The number of carbonyl (C=O) groups excluding carboxylic acids is 1. The Balaban J connectivity index is 2.70. The molecule has 0 fully saturated rings. The quantitative estimate of drug-likeness (QED) is 0.446. The Morgan fingerprint density at radius 1 is 1.27 bits per heavy atom. The maximum absolute atomic E-state index is 11.5. The van der Waals surface area contributed by atoms with Crippen molar-refractivity contribution in [3.8, 4) is 5.75 Å². The Morgan fingerprint density at radius 2 is 1.80 bits per heavy atom. The standard InChI is InChI=1S/C11H15NO3/c1-11(2,3)10(13)15-9-6-4-8(12-14)5-7-9/h4-7,12,14H,1-3H3. The maximum Gasteiger partial charge on any atom is 0.316 e. The minimum absolute atomic E-state index is 0.285. The maximum atomic E-state index is 11.5. The van der Waals surface area contributed by atoms with Crippen LogP contribution >= 0.6 is 0 Å². The molecule has 0 radical (unpaired) electrons. The van der Waals surface area contributed by atoms with Crippen molar-refractivity contribution in [2.45, 2.75) is 20.8 Å². The van der Waals surface area contributed by atoms with Crippen LogP contribution in [0.2, 0.25) is 0 Å². The number of hydrogen-bond acceptors (Lipinski definition) is 4. The fourth-order valence-electron chi connectivity index (χ4n) is 0.858. The molecule has 0 aliphatic rings. The number of ether oxygens (including phenoxy) is 1. The molecule has 15 heavy (non-hydrogen) atoms. The van der Waals surface area contributed by atoms with Crippen LogP contribution in [0.5, 0.6) is 5.75 Å². The molecule has 0 bridgehead atoms. The van der Waals surface area contributed by atoms with Crippen LogP contribution in [-0.4, -0.2) is 11.2 Å². The van der Waals surface area contributed by atoms with E-state index in [0.29, 0.717) is 11.4 Å². The fourth-order valence-corrected chi connectivity index (χ4v) is 0.858. The lowest BCUT2D eigenvalue weighted by atomic mass is 9.97. The van der Waals surface area contributed by atoms with Gasteiger partial charge in [0, 0.05) is 0 Å². The Labute approximate surface area is 88.8 Å². The van der Waals surface area contributed by atoms with Gasteiger partial charge in [0.1, 0.15) is 5.75 Å². The molecule has 1 aromatic carbocycles. The van der Waals surface area contributed by atoms with Crippen LogP contribution in [0.3, 0.4) is 0 Å². The largest absolute Gasteiger partial charge is 0.426 e. The van der Waals surface area contributed by atoms with Crippen LogP contribution < -0.4 is 10.2 Å². The summed E-state index contributed by atoms with van der Waals surface area (Å²) >= 11 is 0. The van der Waals surface area contributed by atoms with Gasteiger partial charge in [-0.1, -0.05) is 0 Å². The van der Waals surface area contributed by atoms with Gasteiger partial charge in [-0.3, -0.25) is 15.5 Å². The van der Waals surface area contributed by atoms with Crippen molar-refractivity contribution in [3.63, 3.8) is 0 Å². The van der Waals surface area contributed by atoms with Gasteiger partial charge in [0.2, 0.25) is 0 Å². The van der Waals surface area contributed by atoms with Crippen molar-refractivity contribution in [1.82, 2.24) is 0 Å². The molecule has 4 heteroatoms. The number of rotatable bonds is 2. The lowest BCUT2D eigenvalue weighted by molar-refractivity contribution is -0.142. The number of carbonyl (C=O) groups is 1. The van der Waals surface area contributed by atoms with Crippen molar-refractivity contribution in [2.24, 2.45) is 5.41 Å². The van der Waals surface area contributed by atoms with Crippen LogP contribution in [-0.2, 0) is 4.79 Å². The highest BCUT2D eigenvalue weighted by atomic mass is 16.5. The molecule has 0 amide bonds. The van der Waals surface area contributed by atoms with Crippen molar-refractivity contribution < 1.29 is 14.7 Å². The van der Waals surface area contributed by atoms with E-state index in [-0.39, 0.29) is 5.97 Å². The molecular formula is C11H15NO3. The molecule has 0 aromatic heterocycles. The van der Waals surface area contributed by atoms with Gasteiger partial charge >= 0.3 is 5.97 Å². The average molecular weight is 209 g/mol. The predicted octanol–water partition coefficient (Wildman–Crippen LogP) is 2.44. The van der Waals surface area contributed by atoms with Crippen molar-refractivity contribution >= 4 is 11.7 Å². The zero-order valence-corrected chi connectivity index (χ0v) is 9.07. The van der Waals surface area contributed by atoms with E-state index in [1.165, 1.54) is 0 Å². The summed E-state index contributed by atoms with van der Waals surface area (Å²) in [7, 11) is 0. The molecule has 0 aliphatic carbocycles. The van der Waals surface area contributed by atoms with Crippen LogP contribution in [0.15, 0.2) is 24.3 Å². The molecule has 0 heterocycles. The molecule has 2 N–H and O–H groups in total. The second kappa shape index (κ2) is 4.31. The van der Waals surface area contributed by atoms with Crippen molar-refractivity contribution in [1.29, 1.82) is 0 Å². The van der Waals surface area contributed by atoms with E-state index >= 15 is 0 Å². The predicted molar refractivity (Wildman–Crippen MR) is 56.9 cm³/mol. The molecule has 1 rings (SSSR count). The summed E-state index contributed by atoms with van der Waals surface area (Å²) in [5.41, 5.74) is 2.02. The first kappa shape index (κ1) is 11.5. The van der Waals surface area contributed by atoms with E-state index in [9.17, 15) is 4.79 Å². The number of esters is 1. The van der Waals surface area contributed by atoms with Crippen LogP contribution in [0.4, 0.5) is 5.69 Å². The van der Waals surface area contributed by atoms with E-state index < -0.39 is 5.41 Å². The third kappa shape index (κ3) is 3.25. The Hall–Kier alpha value is -1.55. The van der Waals surface area contributed by atoms with Gasteiger partial charge in [0.25, 0.3) is 0 Å². The smallest absolute Gasteiger partial charge is 0.316 e. The van der Waals surface area contributed by atoms with Crippen LogP contribution in [0.1, 0.15) is 20.8 Å². The molecule has 82 valence electrons. The Kier molecular flexibility index (Phi) is 3.31. The lowest BCUT2D eigenvalue weighted by Crippen LogP contribution is -2.25. The van der Waals surface area contributed by atoms with E-state index in [0.717, 1.165) is 0 Å². The van der Waals surface area contributed by atoms with Gasteiger partial charge in [-0.25, -0.2) is 0 Å². The average Bonchev–Trinajstić information content (AvgIpc) is 2.17. The molecule has 0 spiro atoms. The molecule has 0 aliphatic heterocycles. The first-order chi connectivity index (χ1) is 6.93. The molecule has 0 unspecified atom stereocenters. The summed E-state index contributed by atoms with van der Waals surface area (Å²) in [5.74, 6) is 0.182. The Bertz CT molecular complexity index is 338. The highest BCUT2D eigenvalue weighted by Crippen LogP contribution is 2.20. The second-order valence-corrected chi connectivity index (χ2v) is 4.28. The van der Waals surface area contributed by atoms with Gasteiger partial charge in [-0.15, -0.1) is 0 Å². The summed E-state index contributed by atoms with van der Waals surface area (Å²) in [6.07, 6.45) is 0. The lowest BCUT2D eigenvalue weighted by Gasteiger charge is -2.16. The van der Waals surface area contributed by atoms with E-state index in [2.05, 4.69) is 0 Å². The molecule has 1 aromatic rings. The van der Waals surface area contributed by atoms with Crippen molar-refractivity contribution in [3.05, 3.63) is 24.3 Å². The summed E-state index contributed by atoms with van der Waals surface area (Å²) < 4.78 is 5.13. The molecular weight excluding hydrogens is 194 g/mol. The minimum atomic E-state index is -0.520. The van der Waals surface area contributed by atoms with Gasteiger partial charge in [-0.05, 0) is 45.0 Å². The van der Waals surface area contributed by atoms with Gasteiger partial charge in [0.05, 0.1) is 11.1 Å². The summed E-state index contributed by atoms with van der Waals surface area (Å²) in [6.45, 7) is 5.37. The van der Waals surface area contributed by atoms with Gasteiger partial charge in [-0.2, -0.15) is 0 Å². The van der Waals surface area contributed by atoms with E-state index in [4.69, 9.17) is 9.94 Å². The zero-order valence-electron chi connectivity index (χ0n) is 9.07. The first-order valence-corrected chi connectivity index (χ1v) is 4.66. The normalized spacial score (nSPS) is 10.9. The summed E-state index contributed by atoms with van der Waals surface area (Å²) in [5, 5.41) is 8.58. The van der Waals surface area contributed by atoms with Gasteiger partial charge in [0.15, 0.2) is 0 Å². The summed E-state index contributed by atoms with van der Waals surface area (Å²) in [6, 6.07) is 6.46. The zero-order chi connectivity index (χ0) is 11.5. The fraction of sp³-hybridized carbons (Fsp3) is 0.364. The Morgan fingerprint density at radius 3 is 2.20 bits per heavy atom. The topological polar surface area (TPSA) is 58.6 Å². The monoisotopic (exact) mass is 209 g/mol. The van der Waals surface area contributed by atoms with Gasteiger partial charge < -0.3 is 4.74 Å². The highest BCUT2D eigenvalue weighted by Gasteiger charge is 2.23. The summed E-state index contributed by atoms with van der Waals surface area (Å²) in [4.78, 5) is 11.5. The third-order valence-electron chi connectivity index (χ3n) is 1.81.